The number of alkyl halides is 3. The minimum atomic E-state index is -4.39. The van der Waals surface area contributed by atoms with Crippen LogP contribution in [0.25, 0.3) is 11.4 Å². The van der Waals surface area contributed by atoms with Crippen LogP contribution < -0.4 is 10.4 Å². The fourth-order valence-corrected chi connectivity index (χ4v) is 3.05. The molecule has 0 saturated heterocycles. The predicted octanol–water partition coefficient (Wildman–Crippen LogP) is 5.16. The van der Waals surface area contributed by atoms with Gasteiger partial charge >= 0.3 is 6.18 Å². The first-order valence-corrected chi connectivity index (χ1v) is 8.65. The molecule has 1 aliphatic rings. The number of para-hydroxylation sites is 1. The van der Waals surface area contributed by atoms with Gasteiger partial charge in [-0.15, -0.1) is 0 Å². The summed E-state index contributed by atoms with van der Waals surface area (Å²) in [7, 11) is 0. The number of nitrogens with one attached hydrogen (secondary N) is 1. The largest absolute Gasteiger partial charge is 0.416 e. The van der Waals surface area contributed by atoms with Gasteiger partial charge in [0.2, 0.25) is 0 Å². The van der Waals surface area contributed by atoms with Crippen molar-refractivity contribution in [2.75, 3.05) is 5.01 Å². The van der Waals surface area contributed by atoms with Crippen LogP contribution in [0.3, 0.4) is 0 Å². The summed E-state index contributed by atoms with van der Waals surface area (Å²) in [6.45, 7) is 1.89. The zero-order valence-corrected chi connectivity index (χ0v) is 15.0. The summed E-state index contributed by atoms with van der Waals surface area (Å²) in [6.07, 6.45) is 0.977. The minimum Gasteiger partial charge on any atom is -0.292 e. The van der Waals surface area contributed by atoms with Gasteiger partial charge in [-0.05, 0) is 55.0 Å². The molecule has 1 aromatic heterocycles. The number of halogens is 3. The number of aromatic nitrogens is 2. The lowest BCUT2D eigenvalue weighted by Crippen LogP contribution is -2.35. The van der Waals surface area contributed by atoms with Crippen molar-refractivity contribution in [3.05, 3.63) is 96.0 Å². The molecule has 28 heavy (non-hydrogen) atoms. The van der Waals surface area contributed by atoms with E-state index in [4.69, 9.17) is 0 Å². The zero-order chi connectivity index (χ0) is 19.7. The lowest BCUT2D eigenvalue weighted by atomic mass is 10.1. The van der Waals surface area contributed by atoms with Gasteiger partial charge in [-0.1, -0.05) is 24.3 Å². The second kappa shape index (κ2) is 6.92. The average Bonchev–Trinajstić information content (AvgIpc) is 3.18. The Balaban J connectivity index is 1.68. The van der Waals surface area contributed by atoms with Crippen LogP contribution >= 0.6 is 0 Å². The molecular weight excluding hydrogens is 365 g/mol. The lowest BCUT2D eigenvalue weighted by molar-refractivity contribution is -0.137. The van der Waals surface area contributed by atoms with E-state index in [0.29, 0.717) is 5.69 Å². The molecule has 4 nitrogen and oxygen atoms in total. The van der Waals surface area contributed by atoms with Gasteiger partial charge < -0.3 is 0 Å². The first-order chi connectivity index (χ1) is 13.4. The highest BCUT2D eigenvalue weighted by atomic mass is 19.4. The van der Waals surface area contributed by atoms with Crippen LogP contribution in [0.15, 0.2) is 84.7 Å². The van der Waals surface area contributed by atoms with Crippen LogP contribution in [-0.4, -0.2) is 9.78 Å². The van der Waals surface area contributed by atoms with Gasteiger partial charge in [-0.3, -0.25) is 10.4 Å². The number of allylic oxidation sites excluding steroid dienone is 2. The van der Waals surface area contributed by atoms with E-state index in [1.165, 1.54) is 6.07 Å². The summed E-state index contributed by atoms with van der Waals surface area (Å²) in [4.78, 5) is 0. The standard InChI is InChI=1S/C21H17F3N4/c1-15-12-19(20-10-11-25-28(20)17-7-3-2-4-8-17)26-27(14-15)18-9-5-6-16(13-18)21(22,23)24/h2-14,26H,1H3. The molecule has 0 bridgehead atoms. The Bertz CT molecular complexity index is 1050. The van der Waals surface area contributed by atoms with E-state index in [2.05, 4.69) is 10.5 Å². The van der Waals surface area contributed by atoms with E-state index < -0.39 is 11.7 Å². The summed E-state index contributed by atoms with van der Waals surface area (Å²) in [5.41, 5.74) is 6.21. The van der Waals surface area contributed by atoms with Gasteiger partial charge in [-0.25, -0.2) is 4.68 Å². The third kappa shape index (κ3) is 3.51. The van der Waals surface area contributed by atoms with E-state index in [-0.39, 0.29) is 0 Å². The summed E-state index contributed by atoms with van der Waals surface area (Å²) >= 11 is 0. The SMILES string of the molecule is CC1=CN(c2cccc(C(F)(F)F)c2)NC(c2ccnn2-c2ccccc2)=C1. The maximum atomic E-state index is 13.1. The van der Waals surface area contributed by atoms with Crippen LogP contribution in [-0.2, 0) is 6.18 Å². The Morgan fingerprint density at radius 3 is 2.43 bits per heavy atom. The molecule has 2 aromatic carbocycles. The Hall–Kier alpha value is -3.48. The van der Waals surface area contributed by atoms with Crippen molar-refractivity contribution in [1.82, 2.24) is 15.2 Å². The Morgan fingerprint density at radius 2 is 1.68 bits per heavy atom. The second-order valence-electron chi connectivity index (χ2n) is 6.42. The zero-order valence-electron chi connectivity index (χ0n) is 15.0. The van der Waals surface area contributed by atoms with Crippen LogP contribution in [0.2, 0.25) is 0 Å². The van der Waals surface area contributed by atoms with E-state index in [0.717, 1.165) is 34.8 Å². The summed E-state index contributed by atoms with van der Waals surface area (Å²) in [6, 6.07) is 16.7. The van der Waals surface area contributed by atoms with Gasteiger partial charge in [0.15, 0.2) is 0 Å². The highest BCUT2D eigenvalue weighted by Gasteiger charge is 2.31. The predicted molar refractivity (Wildman–Crippen MR) is 102 cm³/mol. The minimum absolute atomic E-state index is 0.394. The van der Waals surface area contributed by atoms with E-state index in [1.54, 1.807) is 28.2 Å². The highest BCUT2D eigenvalue weighted by molar-refractivity contribution is 5.71. The quantitative estimate of drug-likeness (QED) is 0.679. The lowest BCUT2D eigenvalue weighted by Gasteiger charge is -2.29. The van der Waals surface area contributed by atoms with Crippen molar-refractivity contribution in [2.24, 2.45) is 0 Å². The molecule has 4 rings (SSSR count). The molecule has 0 saturated carbocycles. The molecule has 7 heteroatoms. The maximum Gasteiger partial charge on any atom is 0.416 e. The van der Waals surface area contributed by atoms with E-state index in [1.807, 2.05) is 49.4 Å². The Morgan fingerprint density at radius 1 is 0.929 bits per heavy atom. The molecule has 0 spiro atoms. The van der Waals surface area contributed by atoms with Gasteiger partial charge in [0.05, 0.1) is 34.5 Å². The molecule has 0 radical (unpaired) electrons. The molecule has 0 fully saturated rings. The number of hydrogen-bond acceptors (Lipinski definition) is 3. The molecule has 0 amide bonds. The van der Waals surface area contributed by atoms with Gasteiger partial charge in [-0.2, -0.15) is 18.3 Å². The summed E-state index contributed by atoms with van der Waals surface area (Å²) in [5, 5.41) is 5.97. The van der Waals surface area contributed by atoms with E-state index >= 15 is 0 Å². The molecule has 0 unspecified atom stereocenters. The Kier molecular flexibility index (Phi) is 4.43. The normalized spacial score (nSPS) is 14.4. The number of anilines is 1. The fraction of sp³-hybridized carbons (Fsp3) is 0.0952. The molecule has 142 valence electrons. The second-order valence-corrected chi connectivity index (χ2v) is 6.42. The number of benzene rings is 2. The third-order valence-corrected chi connectivity index (χ3v) is 4.32. The topological polar surface area (TPSA) is 33.1 Å². The van der Waals surface area contributed by atoms with Crippen molar-refractivity contribution in [2.45, 2.75) is 13.1 Å². The first-order valence-electron chi connectivity index (χ1n) is 8.65. The molecule has 3 aromatic rings. The van der Waals surface area contributed by atoms with Crippen LogP contribution in [0.4, 0.5) is 18.9 Å². The maximum absolute atomic E-state index is 13.1. The summed E-state index contributed by atoms with van der Waals surface area (Å²) < 4.78 is 41.0. The van der Waals surface area contributed by atoms with Gasteiger partial charge in [0, 0.05) is 6.20 Å². The number of rotatable bonds is 3. The molecular formula is C21H17F3N4. The molecule has 1 aliphatic heterocycles. The van der Waals surface area contributed by atoms with Gasteiger partial charge in [0.1, 0.15) is 0 Å². The third-order valence-electron chi connectivity index (χ3n) is 4.32. The smallest absolute Gasteiger partial charge is 0.292 e. The first kappa shape index (κ1) is 17.9. The van der Waals surface area contributed by atoms with Crippen molar-refractivity contribution >= 4 is 11.4 Å². The van der Waals surface area contributed by atoms with Crippen LogP contribution in [0.1, 0.15) is 18.2 Å². The fourth-order valence-electron chi connectivity index (χ4n) is 3.05. The molecule has 2 heterocycles. The number of nitrogens with zero attached hydrogens (tertiary/aromatic N) is 3. The van der Waals surface area contributed by atoms with Crippen molar-refractivity contribution in [3.8, 4) is 5.69 Å². The van der Waals surface area contributed by atoms with Crippen molar-refractivity contribution in [1.29, 1.82) is 0 Å². The monoisotopic (exact) mass is 382 g/mol. The Labute approximate surface area is 160 Å². The average molecular weight is 382 g/mol. The van der Waals surface area contributed by atoms with Crippen molar-refractivity contribution in [3.63, 3.8) is 0 Å². The number of hydrogen-bond donors (Lipinski definition) is 1. The highest BCUT2D eigenvalue weighted by Crippen LogP contribution is 2.32. The molecule has 0 atom stereocenters. The van der Waals surface area contributed by atoms with Crippen LogP contribution in [0.5, 0.6) is 0 Å². The summed E-state index contributed by atoms with van der Waals surface area (Å²) in [5.74, 6) is 0. The van der Waals surface area contributed by atoms with E-state index in [9.17, 15) is 13.2 Å². The van der Waals surface area contributed by atoms with Gasteiger partial charge in [0.25, 0.3) is 0 Å². The molecule has 1 N–H and O–H groups in total. The van der Waals surface area contributed by atoms with Crippen LogP contribution in [0, 0.1) is 0 Å². The molecule has 0 aliphatic carbocycles. The van der Waals surface area contributed by atoms with Crippen molar-refractivity contribution < 1.29 is 13.2 Å². The number of hydrazine groups is 1.